The Morgan fingerprint density at radius 2 is 1.69 bits per heavy atom. The van der Waals surface area contributed by atoms with Crippen LogP contribution in [0.5, 0.6) is 5.75 Å². The van der Waals surface area contributed by atoms with Crippen LogP contribution in [-0.4, -0.2) is 16.9 Å². The first-order valence-electron chi connectivity index (χ1n) is 9.78. The molecule has 0 spiro atoms. The fourth-order valence-corrected chi connectivity index (χ4v) is 3.50. The van der Waals surface area contributed by atoms with Crippen LogP contribution in [0.2, 0.25) is 0 Å². The van der Waals surface area contributed by atoms with E-state index < -0.39 is 11.9 Å². The molecule has 9 heteroatoms. The van der Waals surface area contributed by atoms with Crippen molar-refractivity contribution < 1.29 is 18.7 Å². The summed E-state index contributed by atoms with van der Waals surface area (Å²) in [6.45, 7) is 0.422. The third-order valence-electron chi connectivity index (χ3n) is 4.32. The van der Waals surface area contributed by atoms with E-state index >= 15 is 0 Å². The predicted molar refractivity (Wildman–Crippen MR) is 120 cm³/mol. The van der Waals surface area contributed by atoms with Crippen molar-refractivity contribution in [1.29, 1.82) is 0 Å². The first-order valence-corrected chi connectivity index (χ1v) is 10.7. The Labute approximate surface area is 188 Å². The Morgan fingerprint density at radius 3 is 2.47 bits per heavy atom. The van der Waals surface area contributed by atoms with Gasteiger partial charge in [-0.2, -0.15) is 0 Å². The number of hydrogen-bond donors (Lipinski definition) is 3. The molecule has 0 aliphatic rings. The van der Waals surface area contributed by atoms with Crippen molar-refractivity contribution in [2.24, 2.45) is 0 Å². The number of carbonyl (C=O) groups excluding carboxylic acids is 2. The molecule has 0 radical (unpaired) electrons. The second kappa shape index (κ2) is 10.3. The van der Waals surface area contributed by atoms with Gasteiger partial charge in [-0.25, -0.2) is 15.2 Å². The third kappa shape index (κ3) is 5.73. The fourth-order valence-electron chi connectivity index (χ4n) is 2.76. The minimum atomic E-state index is -0.577. The maximum absolute atomic E-state index is 12.2. The van der Waals surface area contributed by atoms with Crippen molar-refractivity contribution >= 4 is 23.3 Å². The molecule has 8 nitrogen and oxygen atoms in total. The number of urea groups is 1. The van der Waals surface area contributed by atoms with Crippen LogP contribution < -0.4 is 20.9 Å². The van der Waals surface area contributed by atoms with Crippen LogP contribution in [0, 0.1) is 0 Å². The van der Waals surface area contributed by atoms with E-state index in [9.17, 15) is 9.59 Å². The zero-order valence-corrected chi connectivity index (χ0v) is 17.7. The van der Waals surface area contributed by atoms with E-state index in [0.29, 0.717) is 11.5 Å². The first-order chi connectivity index (χ1) is 15.7. The molecule has 0 saturated carbocycles. The molecule has 0 atom stereocenters. The molecule has 0 saturated heterocycles. The predicted octanol–water partition coefficient (Wildman–Crippen LogP) is 4.13. The summed E-state index contributed by atoms with van der Waals surface area (Å²) >= 11 is 1.45. The summed E-state index contributed by atoms with van der Waals surface area (Å²) in [7, 11) is 0. The molecular weight excluding hydrogens is 428 g/mol. The second-order valence-corrected chi connectivity index (χ2v) is 7.56. The Balaban J connectivity index is 1.20. The summed E-state index contributed by atoms with van der Waals surface area (Å²) < 4.78 is 11.0. The van der Waals surface area contributed by atoms with E-state index in [4.69, 9.17) is 9.15 Å². The number of carbonyl (C=O) groups is 2. The van der Waals surface area contributed by atoms with E-state index in [1.54, 1.807) is 6.07 Å². The molecule has 0 bridgehead atoms. The van der Waals surface area contributed by atoms with Crippen LogP contribution in [0.25, 0.3) is 11.3 Å². The molecule has 0 aliphatic heterocycles. The molecule has 162 valence electrons. The van der Waals surface area contributed by atoms with Gasteiger partial charge >= 0.3 is 11.9 Å². The van der Waals surface area contributed by atoms with Crippen LogP contribution in [-0.2, 0) is 13.2 Å². The molecule has 2 heterocycles. The number of para-hydroxylation sites is 1. The molecule has 0 fully saturated rings. The summed E-state index contributed by atoms with van der Waals surface area (Å²) in [6.07, 6.45) is 0. The number of thiazole rings is 1. The number of amides is 3. The number of nitrogens with one attached hydrogen (secondary N) is 3. The molecule has 2 aromatic carbocycles. The lowest BCUT2D eigenvalue weighted by Gasteiger charge is -2.07. The largest absolute Gasteiger partial charge is 0.486 e. The van der Waals surface area contributed by atoms with Gasteiger partial charge in [0.2, 0.25) is 0 Å². The van der Waals surface area contributed by atoms with Gasteiger partial charge in [0.1, 0.15) is 23.1 Å². The lowest BCUT2D eigenvalue weighted by Crippen LogP contribution is -2.46. The zero-order valence-electron chi connectivity index (χ0n) is 16.9. The lowest BCUT2D eigenvalue weighted by atomic mass is 10.2. The van der Waals surface area contributed by atoms with Crippen molar-refractivity contribution in [2.75, 3.05) is 0 Å². The molecule has 4 aromatic rings. The van der Waals surface area contributed by atoms with Crippen LogP contribution in [0.1, 0.15) is 21.3 Å². The van der Waals surface area contributed by atoms with Gasteiger partial charge in [0.05, 0.1) is 12.2 Å². The van der Waals surface area contributed by atoms with E-state index in [0.717, 1.165) is 16.3 Å². The molecule has 0 aliphatic carbocycles. The average Bonchev–Trinajstić information content (AvgIpc) is 3.51. The Kier molecular flexibility index (Phi) is 6.78. The highest BCUT2D eigenvalue weighted by Gasteiger charge is 2.13. The highest BCUT2D eigenvalue weighted by Crippen LogP contribution is 2.21. The van der Waals surface area contributed by atoms with Gasteiger partial charge in [0, 0.05) is 10.9 Å². The Morgan fingerprint density at radius 1 is 0.938 bits per heavy atom. The van der Waals surface area contributed by atoms with Crippen molar-refractivity contribution in [3.63, 3.8) is 0 Å². The van der Waals surface area contributed by atoms with Crippen molar-refractivity contribution in [1.82, 2.24) is 21.2 Å². The van der Waals surface area contributed by atoms with Gasteiger partial charge < -0.3 is 14.5 Å². The Bertz CT molecular complexity index is 1170. The van der Waals surface area contributed by atoms with E-state index in [1.807, 2.05) is 66.0 Å². The van der Waals surface area contributed by atoms with E-state index in [1.165, 1.54) is 17.4 Å². The SMILES string of the molecule is O=C(NCc1nc(-c2ccccc2)cs1)NNC(=O)c1ccc(COc2ccccc2)o1. The number of nitrogens with zero attached hydrogens (tertiary/aromatic N) is 1. The number of rotatable bonds is 7. The number of aromatic nitrogens is 1. The van der Waals surface area contributed by atoms with Crippen LogP contribution in [0.4, 0.5) is 4.79 Å². The molecular formula is C23H20N4O4S. The Hall–Kier alpha value is -4.11. The maximum Gasteiger partial charge on any atom is 0.333 e. The normalized spacial score (nSPS) is 10.4. The number of benzene rings is 2. The number of hydrazine groups is 1. The summed E-state index contributed by atoms with van der Waals surface area (Å²) in [5.74, 6) is 0.668. The molecule has 2 aromatic heterocycles. The van der Waals surface area contributed by atoms with Gasteiger partial charge in [0.25, 0.3) is 0 Å². The molecule has 32 heavy (non-hydrogen) atoms. The van der Waals surface area contributed by atoms with Crippen LogP contribution in [0.3, 0.4) is 0 Å². The van der Waals surface area contributed by atoms with Crippen LogP contribution in [0.15, 0.2) is 82.6 Å². The third-order valence-corrected chi connectivity index (χ3v) is 5.17. The van der Waals surface area contributed by atoms with Crippen molar-refractivity contribution in [3.05, 3.63) is 94.7 Å². The quantitative estimate of drug-likeness (QED) is 0.369. The fraction of sp³-hybridized carbons (Fsp3) is 0.0870. The minimum Gasteiger partial charge on any atom is -0.486 e. The van der Waals surface area contributed by atoms with Crippen molar-refractivity contribution in [2.45, 2.75) is 13.2 Å². The summed E-state index contributed by atoms with van der Waals surface area (Å²) in [5, 5.41) is 5.33. The van der Waals surface area contributed by atoms with Gasteiger partial charge in [-0.05, 0) is 24.3 Å². The topological polar surface area (TPSA) is 105 Å². The highest BCUT2D eigenvalue weighted by molar-refractivity contribution is 7.09. The smallest absolute Gasteiger partial charge is 0.333 e. The maximum atomic E-state index is 12.2. The van der Waals surface area contributed by atoms with E-state index in [-0.39, 0.29) is 18.9 Å². The number of ether oxygens (including phenoxy) is 1. The van der Waals surface area contributed by atoms with Crippen molar-refractivity contribution in [3.8, 4) is 17.0 Å². The second-order valence-electron chi connectivity index (χ2n) is 6.62. The summed E-state index contributed by atoms with van der Waals surface area (Å²) in [5.41, 5.74) is 6.46. The summed E-state index contributed by atoms with van der Waals surface area (Å²) in [4.78, 5) is 28.7. The number of furan rings is 1. The summed E-state index contributed by atoms with van der Waals surface area (Å²) in [6, 6.07) is 21.7. The van der Waals surface area contributed by atoms with Crippen LogP contribution >= 0.6 is 11.3 Å². The standard InChI is InChI=1S/C23H20N4O4S/c28-22(20-12-11-18(31-20)14-30-17-9-5-2-6-10-17)26-27-23(29)24-13-21-25-19(15-32-21)16-7-3-1-4-8-16/h1-12,15H,13-14H2,(H,26,28)(H2,24,27,29). The molecule has 3 N–H and O–H groups in total. The molecule has 3 amide bonds. The molecule has 4 rings (SSSR count). The highest BCUT2D eigenvalue weighted by atomic mass is 32.1. The van der Waals surface area contributed by atoms with Gasteiger partial charge in [-0.15, -0.1) is 11.3 Å². The minimum absolute atomic E-state index is 0.0596. The van der Waals surface area contributed by atoms with Gasteiger partial charge in [-0.1, -0.05) is 48.5 Å². The van der Waals surface area contributed by atoms with Gasteiger partial charge in [0.15, 0.2) is 5.76 Å². The zero-order chi connectivity index (χ0) is 22.2. The van der Waals surface area contributed by atoms with Gasteiger partial charge in [-0.3, -0.25) is 10.2 Å². The molecule has 0 unspecified atom stereocenters. The number of hydrogen-bond acceptors (Lipinski definition) is 6. The average molecular weight is 449 g/mol. The lowest BCUT2D eigenvalue weighted by molar-refractivity contribution is 0.0904. The monoisotopic (exact) mass is 448 g/mol. The first kappa shape index (κ1) is 21.1. The van der Waals surface area contributed by atoms with E-state index in [2.05, 4.69) is 21.2 Å².